The summed E-state index contributed by atoms with van der Waals surface area (Å²) < 4.78 is 20.5. The summed E-state index contributed by atoms with van der Waals surface area (Å²) in [7, 11) is 1.84. The van der Waals surface area contributed by atoms with Gasteiger partial charge in [-0.05, 0) is 52.3 Å². The Morgan fingerprint density at radius 3 is 2.67 bits per heavy atom. The maximum atomic E-state index is 12.8. The number of hydrogen-bond acceptors (Lipinski definition) is 3. The van der Waals surface area contributed by atoms with Gasteiger partial charge < -0.3 is 4.74 Å². The van der Waals surface area contributed by atoms with E-state index in [0.29, 0.717) is 5.69 Å². The molecular weight excluding hydrogens is 377 g/mol. The lowest BCUT2D eigenvalue weighted by Gasteiger charge is -2.09. The van der Waals surface area contributed by atoms with Gasteiger partial charge >= 0.3 is 6.09 Å². The molecule has 3 aromatic rings. The number of benzene rings is 2. The van der Waals surface area contributed by atoms with E-state index in [2.05, 4.69) is 26.3 Å². The van der Waals surface area contributed by atoms with Crippen molar-refractivity contribution in [2.45, 2.75) is 0 Å². The van der Waals surface area contributed by atoms with Gasteiger partial charge in [-0.2, -0.15) is 5.10 Å². The molecular formula is C17H13BrFN3O2. The van der Waals surface area contributed by atoms with Crippen molar-refractivity contribution in [3.05, 3.63) is 65.0 Å². The largest absolute Gasteiger partial charge is 0.417 e. The summed E-state index contributed by atoms with van der Waals surface area (Å²) in [6, 6.07) is 12.5. The minimum atomic E-state index is -0.650. The lowest BCUT2D eigenvalue weighted by atomic mass is 10.1. The van der Waals surface area contributed by atoms with Crippen LogP contribution in [-0.4, -0.2) is 15.9 Å². The summed E-state index contributed by atoms with van der Waals surface area (Å²) in [5, 5.41) is 6.82. The number of halogens is 2. The van der Waals surface area contributed by atoms with Gasteiger partial charge in [0.2, 0.25) is 0 Å². The van der Waals surface area contributed by atoms with E-state index in [0.717, 1.165) is 15.7 Å². The van der Waals surface area contributed by atoms with Gasteiger partial charge in [-0.15, -0.1) is 0 Å². The highest BCUT2D eigenvalue weighted by atomic mass is 79.9. The number of aromatic nitrogens is 2. The van der Waals surface area contributed by atoms with Crippen LogP contribution in [0, 0.1) is 5.82 Å². The fraction of sp³-hybridized carbons (Fsp3) is 0.0588. The fourth-order valence-electron chi connectivity index (χ4n) is 2.23. The van der Waals surface area contributed by atoms with Gasteiger partial charge in [0.05, 0.1) is 16.4 Å². The Morgan fingerprint density at radius 1 is 1.25 bits per heavy atom. The quantitative estimate of drug-likeness (QED) is 0.711. The highest BCUT2D eigenvalue weighted by molar-refractivity contribution is 9.10. The molecule has 0 aliphatic carbocycles. The number of nitrogens with zero attached hydrogens (tertiary/aromatic N) is 2. The van der Waals surface area contributed by atoms with Crippen LogP contribution in [0.4, 0.5) is 14.9 Å². The highest BCUT2D eigenvalue weighted by Crippen LogP contribution is 2.29. The Balaban J connectivity index is 1.75. The molecule has 0 saturated heterocycles. The van der Waals surface area contributed by atoms with Crippen molar-refractivity contribution in [1.82, 2.24) is 9.78 Å². The predicted octanol–water partition coefficient (Wildman–Crippen LogP) is 4.60. The molecule has 0 bridgehead atoms. The predicted molar refractivity (Wildman–Crippen MR) is 92.4 cm³/mol. The van der Waals surface area contributed by atoms with Gasteiger partial charge in [-0.1, -0.05) is 12.1 Å². The second kappa shape index (κ2) is 6.84. The summed E-state index contributed by atoms with van der Waals surface area (Å²) in [6.45, 7) is 0. The van der Waals surface area contributed by atoms with Gasteiger partial charge in [0.25, 0.3) is 0 Å². The first-order valence-electron chi connectivity index (χ1n) is 7.05. The van der Waals surface area contributed by atoms with Crippen molar-refractivity contribution in [3.8, 4) is 17.0 Å². The van der Waals surface area contributed by atoms with E-state index in [4.69, 9.17) is 4.74 Å². The smallest absolute Gasteiger partial charge is 0.410 e. The van der Waals surface area contributed by atoms with Crippen LogP contribution in [0.15, 0.2) is 59.2 Å². The molecule has 0 aliphatic rings. The van der Waals surface area contributed by atoms with Gasteiger partial charge in [-0.3, -0.25) is 10.00 Å². The van der Waals surface area contributed by atoms with Crippen molar-refractivity contribution in [2.75, 3.05) is 5.32 Å². The second-order valence-electron chi connectivity index (χ2n) is 5.01. The fourth-order valence-corrected chi connectivity index (χ4v) is 2.81. The molecule has 7 heteroatoms. The zero-order valence-electron chi connectivity index (χ0n) is 12.7. The molecule has 0 saturated carbocycles. The Bertz CT molecular complexity index is 858. The number of carbonyl (C=O) groups excluding carboxylic acids is 1. The van der Waals surface area contributed by atoms with Crippen molar-refractivity contribution in [1.29, 1.82) is 0 Å². The van der Waals surface area contributed by atoms with E-state index in [-0.39, 0.29) is 5.75 Å². The average Bonchev–Trinajstić information content (AvgIpc) is 2.89. The monoisotopic (exact) mass is 389 g/mol. The number of nitrogens with one attached hydrogen (secondary N) is 1. The molecule has 1 aromatic heterocycles. The summed E-state index contributed by atoms with van der Waals surface area (Å²) >= 11 is 3.45. The van der Waals surface area contributed by atoms with Gasteiger partial charge in [0.15, 0.2) is 0 Å². The van der Waals surface area contributed by atoms with Crippen molar-refractivity contribution in [2.24, 2.45) is 7.05 Å². The van der Waals surface area contributed by atoms with Gasteiger partial charge in [-0.25, -0.2) is 9.18 Å². The lowest BCUT2D eigenvalue weighted by molar-refractivity contribution is 0.215. The first kappa shape index (κ1) is 16.2. The normalized spacial score (nSPS) is 10.5. The molecule has 122 valence electrons. The first-order chi connectivity index (χ1) is 11.5. The standard InChI is InChI=1S/C17H13BrFN3O2/c1-22-16(15(18)10-20-22)11-3-2-4-13(9-11)21-17(23)24-14-7-5-12(19)6-8-14/h2-10H,1H3,(H,21,23). The summed E-state index contributed by atoms with van der Waals surface area (Å²) in [5.74, 6) is -0.128. The van der Waals surface area contributed by atoms with E-state index < -0.39 is 11.9 Å². The van der Waals surface area contributed by atoms with E-state index in [9.17, 15) is 9.18 Å². The zero-order valence-corrected chi connectivity index (χ0v) is 14.2. The number of rotatable bonds is 3. The molecule has 5 nitrogen and oxygen atoms in total. The van der Waals surface area contributed by atoms with E-state index in [1.54, 1.807) is 16.9 Å². The number of ether oxygens (including phenoxy) is 1. The molecule has 1 N–H and O–H groups in total. The van der Waals surface area contributed by atoms with E-state index in [1.165, 1.54) is 24.3 Å². The minimum Gasteiger partial charge on any atom is -0.410 e. The molecule has 2 aromatic carbocycles. The van der Waals surface area contributed by atoms with Gasteiger partial charge in [0, 0.05) is 18.3 Å². The maximum Gasteiger partial charge on any atom is 0.417 e. The minimum absolute atomic E-state index is 0.263. The van der Waals surface area contributed by atoms with Crippen LogP contribution >= 0.6 is 15.9 Å². The van der Waals surface area contributed by atoms with Crippen molar-refractivity contribution in [3.63, 3.8) is 0 Å². The Morgan fingerprint density at radius 2 is 2.00 bits per heavy atom. The lowest BCUT2D eigenvalue weighted by Crippen LogP contribution is -2.16. The summed E-state index contributed by atoms with van der Waals surface area (Å²) in [5.41, 5.74) is 2.36. The number of carbonyl (C=O) groups is 1. The molecule has 0 radical (unpaired) electrons. The number of aryl methyl sites for hydroxylation is 1. The van der Waals surface area contributed by atoms with Crippen molar-refractivity contribution >= 4 is 27.7 Å². The summed E-state index contributed by atoms with van der Waals surface area (Å²) in [4.78, 5) is 11.9. The molecule has 0 spiro atoms. The third-order valence-corrected chi connectivity index (χ3v) is 3.88. The third kappa shape index (κ3) is 3.62. The molecule has 1 amide bonds. The zero-order chi connectivity index (χ0) is 17.1. The van der Waals surface area contributed by atoms with Crippen LogP contribution in [0.2, 0.25) is 0 Å². The third-order valence-electron chi connectivity index (χ3n) is 3.30. The maximum absolute atomic E-state index is 12.8. The van der Waals surface area contributed by atoms with Crippen LogP contribution in [0.5, 0.6) is 5.75 Å². The van der Waals surface area contributed by atoms with Crippen LogP contribution in [0.25, 0.3) is 11.3 Å². The summed E-state index contributed by atoms with van der Waals surface area (Å²) in [6.07, 6.45) is 1.06. The van der Waals surface area contributed by atoms with Crippen molar-refractivity contribution < 1.29 is 13.9 Å². The Labute approximate surface area is 146 Å². The van der Waals surface area contributed by atoms with Gasteiger partial charge in [0.1, 0.15) is 11.6 Å². The average molecular weight is 390 g/mol. The number of amides is 1. The Kier molecular flexibility index (Phi) is 4.61. The van der Waals surface area contributed by atoms with Crippen LogP contribution < -0.4 is 10.1 Å². The van der Waals surface area contributed by atoms with E-state index >= 15 is 0 Å². The molecule has 1 heterocycles. The molecule has 3 rings (SSSR count). The molecule has 0 unspecified atom stereocenters. The number of anilines is 1. The molecule has 0 aliphatic heterocycles. The van der Waals surface area contributed by atoms with Crippen LogP contribution in [0.3, 0.4) is 0 Å². The van der Waals surface area contributed by atoms with Crippen LogP contribution in [-0.2, 0) is 7.05 Å². The SMILES string of the molecule is Cn1ncc(Br)c1-c1cccc(NC(=O)Oc2ccc(F)cc2)c1. The van der Waals surface area contributed by atoms with Crippen LogP contribution in [0.1, 0.15) is 0 Å². The topological polar surface area (TPSA) is 56.2 Å². The molecule has 0 atom stereocenters. The number of hydrogen-bond donors (Lipinski definition) is 1. The van der Waals surface area contributed by atoms with E-state index in [1.807, 2.05) is 25.2 Å². The molecule has 0 fully saturated rings. The first-order valence-corrected chi connectivity index (χ1v) is 7.84. The Hall–Kier alpha value is -2.67. The second-order valence-corrected chi connectivity index (χ2v) is 5.87. The molecule has 24 heavy (non-hydrogen) atoms. The highest BCUT2D eigenvalue weighted by Gasteiger charge is 2.11.